The topological polar surface area (TPSA) is 63.4 Å². The number of hydrogen-bond donors (Lipinski definition) is 1. The number of halogens is 1. The molecule has 1 aromatic heterocycles. The lowest BCUT2D eigenvalue weighted by Crippen LogP contribution is -1.87. The van der Waals surface area contributed by atoms with Gasteiger partial charge in [-0.25, -0.2) is 0 Å². The van der Waals surface area contributed by atoms with Crippen molar-refractivity contribution in [2.75, 3.05) is 0 Å². The number of benzene rings is 1. The summed E-state index contributed by atoms with van der Waals surface area (Å²) in [6, 6.07) is 8.99. The van der Waals surface area contributed by atoms with E-state index in [9.17, 15) is 15.2 Å². The van der Waals surface area contributed by atoms with Crippen molar-refractivity contribution in [1.29, 1.82) is 0 Å². The number of nitro groups is 1. The zero-order valence-electron chi connectivity index (χ0n) is 9.87. The molecule has 0 fully saturated rings. The van der Waals surface area contributed by atoms with Crippen LogP contribution in [0.25, 0.3) is 0 Å². The van der Waals surface area contributed by atoms with Crippen LogP contribution in [-0.4, -0.2) is 10.0 Å². The molecule has 0 aliphatic carbocycles. The maximum atomic E-state index is 11.0. The summed E-state index contributed by atoms with van der Waals surface area (Å²) < 4.78 is 1.55. The molecule has 0 aliphatic heterocycles. The van der Waals surface area contributed by atoms with Crippen molar-refractivity contribution < 1.29 is 10.0 Å². The summed E-state index contributed by atoms with van der Waals surface area (Å²) in [5, 5.41) is 20.5. The summed E-state index contributed by atoms with van der Waals surface area (Å²) in [7, 11) is 0. The SMILES string of the molecule is C[C@H](O)c1cc([N+](=O)[O-])c(Sc2ccc(Br)cc2)s1. The van der Waals surface area contributed by atoms with Crippen molar-refractivity contribution >= 4 is 44.7 Å². The highest BCUT2D eigenvalue weighted by Gasteiger charge is 2.21. The zero-order chi connectivity index (χ0) is 14.0. The zero-order valence-corrected chi connectivity index (χ0v) is 13.1. The molecule has 1 heterocycles. The van der Waals surface area contributed by atoms with E-state index in [1.165, 1.54) is 29.2 Å². The summed E-state index contributed by atoms with van der Waals surface area (Å²) >= 11 is 5.93. The molecular weight excluding hydrogens is 350 g/mol. The molecule has 100 valence electrons. The molecule has 1 atom stereocenters. The number of hydrogen-bond acceptors (Lipinski definition) is 5. The third-order valence-electron chi connectivity index (χ3n) is 2.33. The van der Waals surface area contributed by atoms with Crippen molar-refractivity contribution in [3.05, 3.63) is 49.8 Å². The standard InChI is InChI=1S/C12H10BrNO3S2/c1-7(15)11-6-10(14(16)17)12(19-11)18-9-4-2-8(13)3-5-9/h2-7,15H,1H3/t7-/m0/s1. The molecule has 0 saturated heterocycles. The Labute approximate surface area is 126 Å². The van der Waals surface area contributed by atoms with E-state index in [0.717, 1.165) is 9.37 Å². The van der Waals surface area contributed by atoms with Gasteiger partial charge in [0.1, 0.15) is 4.21 Å². The van der Waals surface area contributed by atoms with E-state index >= 15 is 0 Å². The second-order valence-electron chi connectivity index (χ2n) is 3.81. The third kappa shape index (κ3) is 3.56. The lowest BCUT2D eigenvalue weighted by atomic mass is 10.3. The molecule has 0 unspecified atom stereocenters. The van der Waals surface area contributed by atoms with Crippen LogP contribution in [0.4, 0.5) is 5.69 Å². The first-order chi connectivity index (χ1) is 8.97. The monoisotopic (exact) mass is 359 g/mol. The van der Waals surface area contributed by atoms with E-state index in [0.29, 0.717) is 9.09 Å². The summed E-state index contributed by atoms with van der Waals surface area (Å²) in [6.45, 7) is 1.60. The van der Waals surface area contributed by atoms with Crippen LogP contribution < -0.4 is 0 Å². The average molecular weight is 360 g/mol. The Hall–Kier alpha value is -0.890. The molecule has 0 amide bonds. The molecule has 4 nitrogen and oxygen atoms in total. The second kappa shape index (κ2) is 6.04. The summed E-state index contributed by atoms with van der Waals surface area (Å²) in [4.78, 5) is 12.1. The van der Waals surface area contributed by atoms with Gasteiger partial charge in [-0.2, -0.15) is 0 Å². The first kappa shape index (κ1) is 14.5. The molecule has 0 spiro atoms. The van der Waals surface area contributed by atoms with Gasteiger partial charge in [0, 0.05) is 20.3 Å². The van der Waals surface area contributed by atoms with Crippen LogP contribution in [0.2, 0.25) is 0 Å². The van der Waals surface area contributed by atoms with Gasteiger partial charge in [-0.15, -0.1) is 11.3 Å². The normalized spacial score (nSPS) is 12.4. The minimum Gasteiger partial charge on any atom is -0.388 e. The van der Waals surface area contributed by atoms with Gasteiger partial charge in [0.05, 0.1) is 11.0 Å². The van der Waals surface area contributed by atoms with Crippen LogP contribution in [-0.2, 0) is 0 Å². The average Bonchev–Trinajstić information content (AvgIpc) is 2.76. The van der Waals surface area contributed by atoms with Gasteiger partial charge < -0.3 is 5.11 Å². The van der Waals surface area contributed by atoms with Gasteiger partial charge >= 0.3 is 0 Å². The van der Waals surface area contributed by atoms with E-state index in [-0.39, 0.29) is 5.69 Å². The van der Waals surface area contributed by atoms with E-state index < -0.39 is 11.0 Å². The lowest BCUT2D eigenvalue weighted by Gasteiger charge is -1.99. The molecule has 19 heavy (non-hydrogen) atoms. The molecule has 0 bridgehead atoms. The van der Waals surface area contributed by atoms with Crippen molar-refractivity contribution in [2.45, 2.75) is 22.1 Å². The van der Waals surface area contributed by atoms with E-state index in [1.807, 2.05) is 24.3 Å². The molecule has 2 rings (SSSR count). The minimum atomic E-state index is -0.692. The van der Waals surface area contributed by atoms with Crippen LogP contribution in [0, 0.1) is 10.1 Å². The van der Waals surface area contributed by atoms with Crippen molar-refractivity contribution in [2.24, 2.45) is 0 Å². The maximum absolute atomic E-state index is 11.0. The Morgan fingerprint density at radius 2 is 2.05 bits per heavy atom. The molecular formula is C12H10BrNO3S2. The van der Waals surface area contributed by atoms with Crippen LogP contribution in [0.1, 0.15) is 17.9 Å². The van der Waals surface area contributed by atoms with Crippen molar-refractivity contribution in [3.8, 4) is 0 Å². The van der Waals surface area contributed by atoms with Gasteiger partial charge in [-0.1, -0.05) is 27.7 Å². The van der Waals surface area contributed by atoms with E-state index in [4.69, 9.17) is 0 Å². The molecule has 2 aromatic rings. The number of nitrogens with zero attached hydrogens (tertiary/aromatic N) is 1. The Bertz CT molecular complexity index is 596. The van der Waals surface area contributed by atoms with Gasteiger partial charge in [-0.05, 0) is 31.2 Å². The van der Waals surface area contributed by atoms with Crippen molar-refractivity contribution in [3.63, 3.8) is 0 Å². The van der Waals surface area contributed by atoms with Gasteiger partial charge in [-0.3, -0.25) is 10.1 Å². The maximum Gasteiger partial charge on any atom is 0.294 e. The van der Waals surface area contributed by atoms with Crippen LogP contribution >= 0.6 is 39.0 Å². The molecule has 1 aromatic carbocycles. The molecule has 7 heteroatoms. The fourth-order valence-electron chi connectivity index (χ4n) is 1.40. The number of aliphatic hydroxyl groups excluding tert-OH is 1. The number of rotatable bonds is 4. The smallest absolute Gasteiger partial charge is 0.294 e. The Morgan fingerprint density at radius 3 is 2.58 bits per heavy atom. The fourth-order valence-corrected chi connectivity index (χ4v) is 3.92. The molecule has 0 radical (unpaired) electrons. The second-order valence-corrected chi connectivity index (χ2v) is 7.15. The van der Waals surface area contributed by atoms with Crippen LogP contribution in [0.15, 0.2) is 43.9 Å². The summed E-state index contributed by atoms with van der Waals surface area (Å²) in [5.74, 6) is 0. The lowest BCUT2D eigenvalue weighted by molar-refractivity contribution is -0.387. The fraction of sp³-hybridized carbons (Fsp3) is 0.167. The Balaban J connectivity index is 2.33. The van der Waals surface area contributed by atoms with Gasteiger partial charge in [0.15, 0.2) is 0 Å². The Kier molecular flexibility index (Phi) is 4.62. The van der Waals surface area contributed by atoms with Crippen LogP contribution in [0.3, 0.4) is 0 Å². The van der Waals surface area contributed by atoms with Crippen LogP contribution in [0.5, 0.6) is 0 Å². The number of aliphatic hydroxyl groups is 1. The summed E-state index contributed by atoms with van der Waals surface area (Å²) in [6.07, 6.45) is -0.692. The highest BCUT2D eigenvalue weighted by molar-refractivity contribution is 9.10. The summed E-state index contributed by atoms with van der Waals surface area (Å²) in [5.41, 5.74) is 0.0498. The third-order valence-corrected chi connectivity index (χ3v) is 5.35. The highest BCUT2D eigenvalue weighted by Crippen LogP contribution is 2.43. The van der Waals surface area contributed by atoms with E-state index in [2.05, 4.69) is 15.9 Å². The molecule has 0 aliphatic rings. The quantitative estimate of drug-likeness (QED) is 0.638. The minimum absolute atomic E-state index is 0.0498. The van der Waals surface area contributed by atoms with Gasteiger partial charge in [0.25, 0.3) is 5.69 Å². The predicted molar refractivity (Wildman–Crippen MR) is 79.9 cm³/mol. The number of thiophene rings is 1. The van der Waals surface area contributed by atoms with Gasteiger partial charge in [0.2, 0.25) is 0 Å². The largest absolute Gasteiger partial charge is 0.388 e. The molecule has 1 N–H and O–H groups in total. The molecule has 0 saturated carbocycles. The van der Waals surface area contributed by atoms with E-state index in [1.54, 1.807) is 6.92 Å². The first-order valence-electron chi connectivity index (χ1n) is 5.37. The first-order valence-corrected chi connectivity index (χ1v) is 7.79. The predicted octanol–water partition coefficient (Wildman–Crippen LogP) is 4.62. The Morgan fingerprint density at radius 1 is 1.42 bits per heavy atom. The van der Waals surface area contributed by atoms with Crippen molar-refractivity contribution in [1.82, 2.24) is 0 Å². The highest BCUT2D eigenvalue weighted by atomic mass is 79.9.